The highest BCUT2D eigenvalue weighted by atomic mass is 79.9. The summed E-state index contributed by atoms with van der Waals surface area (Å²) in [5.41, 5.74) is -0.424. The van der Waals surface area contributed by atoms with Gasteiger partial charge in [-0.25, -0.2) is 8.78 Å². The molecule has 0 heterocycles. The lowest BCUT2D eigenvalue weighted by Crippen LogP contribution is -2.06. The third-order valence-electron chi connectivity index (χ3n) is 2.32. The minimum Gasteiger partial charge on any atom is -0.294 e. The lowest BCUT2D eigenvalue weighted by Gasteiger charge is -2.04. The normalized spacial score (nSPS) is 10.6. The fraction of sp³-hybridized carbons (Fsp3) is 0.417. The van der Waals surface area contributed by atoms with E-state index < -0.39 is 23.0 Å². The van der Waals surface area contributed by atoms with E-state index >= 15 is 0 Å². The summed E-state index contributed by atoms with van der Waals surface area (Å²) in [4.78, 5) is 11.7. The van der Waals surface area contributed by atoms with Crippen molar-refractivity contribution < 1.29 is 13.6 Å². The Morgan fingerprint density at radius 1 is 1.12 bits per heavy atom. The molecule has 0 atom stereocenters. The van der Waals surface area contributed by atoms with Gasteiger partial charge in [0.1, 0.15) is 11.6 Å². The summed E-state index contributed by atoms with van der Waals surface area (Å²) >= 11 is 6.26. The Hall–Kier alpha value is -0.290. The smallest absolute Gasteiger partial charge is 0.168 e. The van der Waals surface area contributed by atoms with Gasteiger partial charge in [-0.05, 0) is 25.0 Å². The van der Waals surface area contributed by atoms with Crippen molar-refractivity contribution >= 4 is 37.6 Å². The summed E-state index contributed by atoms with van der Waals surface area (Å²) in [5, 5.41) is 0.877. The molecule has 1 nitrogen and oxygen atoms in total. The van der Waals surface area contributed by atoms with Crippen LogP contribution < -0.4 is 0 Å². The number of hydrogen-bond donors (Lipinski definition) is 0. The van der Waals surface area contributed by atoms with Gasteiger partial charge in [0.15, 0.2) is 5.78 Å². The van der Waals surface area contributed by atoms with Gasteiger partial charge in [-0.1, -0.05) is 38.3 Å². The predicted octanol–water partition coefficient (Wildman–Crippen LogP) is 4.87. The Labute approximate surface area is 116 Å². The molecule has 0 saturated heterocycles. The lowest BCUT2D eigenvalue weighted by atomic mass is 10.0. The quantitative estimate of drug-likeness (QED) is 0.397. The zero-order valence-electron chi connectivity index (χ0n) is 9.11. The van der Waals surface area contributed by atoms with Crippen LogP contribution in [0.15, 0.2) is 16.6 Å². The molecule has 17 heavy (non-hydrogen) atoms. The number of rotatable bonds is 6. The van der Waals surface area contributed by atoms with Crippen LogP contribution in [0, 0.1) is 11.6 Å². The molecule has 5 heteroatoms. The highest BCUT2D eigenvalue weighted by Gasteiger charge is 2.17. The molecule has 1 rings (SSSR count). The minimum atomic E-state index is -0.803. The van der Waals surface area contributed by atoms with Gasteiger partial charge in [0.25, 0.3) is 0 Å². The van der Waals surface area contributed by atoms with Crippen LogP contribution in [0.1, 0.15) is 36.0 Å². The van der Waals surface area contributed by atoms with Crippen molar-refractivity contribution in [3.8, 4) is 0 Å². The second kappa shape index (κ2) is 7.21. The van der Waals surface area contributed by atoms with Gasteiger partial charge in [0.05, 0.1) is 5.56 Å². The molecular formula is C12H12Br2F2O. The van der Waals surface area contributed by atoms with Crippen LogP contribution in [0.25, 0.3) is 0 Å². The number of ketones is 1. The number of hydrogen-bond acceptors (Lipinski definition) is 1. The first-order valence-electron chi connectivity index (χ1n) is 5.30. The van der Waals surface area contributed by atoms with E-state index in [9.17, 15) is 13.6 Å². The molecule has 0 fully saturated rings. The van der Waals surface area contributed by atoms with E-state index in [1.54, 1.807) is 0 Å². The largest absolute Gasteiger partial charge is 0.294 e. The standard InChI is InChI=1S/C12H12Br2F2O/c13-5-3-1-2-4-11(17)12-9(15)6-8(14)7-10(12)16/h6-7H,1-5H2. The molecule has 0 unspecified atom stereocenters. The molecule has 0 aromatic heterocycles. The van der Waals surface area contributed by atoms with Crippen LogP contribution >= 0.6 is 31.9 Å². The van der Waals surface area contributed by atoms with Gasteiger partial charge >= 0.3 is 0 Å². The van der Waals surface area contributed by atoms with Crippen molar-refractivity contribution in [1.82, 2.24) is 0 Å². The van der Waals surface area contributed by atoms with Gasteiger partial charge in [-0.2, -0.15) is 0 Å². The number of Topliss-reactive ketones (excluding diaryl/α,β-unsaturated/α-hetero) is 1. The highest BCUT2D eigenvalue weighted by molar-refractivity contribution is 9.10. The summed E-state index contributed by atoms with van der Waals surface area (Å²) in [6, 6.07) is 2.21. The summed E-state index contributed by atoms with van der Waals surface area (Å²) in [6.45, 7) is 0. The van der Waals surface area contributed by atoms with Crippen molar-refractivity contribution in [2.75, 3.05) is 5.33 Å². The van der Waals surface area contributed by atoms with Crippen LogP contribution in [0.5, 0.6) is 0 Å². The molecule has 0 aliphatic carbocycles. The van der Waals surface area contributed by atoms with Crippen LogP contribution in [0.3, 0.4) is 0 Å². The zero-order valence-corrected chi connectivity index (χ0v) is 12.3. The Morgan fingerprint density at radius 3 is 2.24 bits per heavy atom. The zero-order chi connectivity index (χ0) is 12.8. The van der Waals surface area contributed by atoms with E-state index in [-0.39, 0.29) is 6.42 Å². The number of unbranched alkanes of at least 4 members (excludes halogenated alkanes) is 2. The van der Waals surface area contributed by atoms with Gasteiger partial charge in [-0.15, -0.1) is 0 Å². The number of halogens is 4. The molecule has 0 radical (unpaired) electrons. The van der Waals surface area contributed by atoms with E-state index in [1.807, 2.05) is 0 Å². The highest BCUT2D eigenvalue weighted by Crippen LogP contribution is 2.21. The lowest BCUT2D eigenvalue weighted by molar-refractivity contribution is 0.0971. The maximum atomic E-state index is 13.4. The average molecular weight is 370 g/mol. The van der Waals surface area contributed by atoms with Gasteiger partial charge in [-0.3, -0.25) is 4.79 Å². The Kier molecular flexibility index (Phi) is 6.27. The van der Waals surface area contributed by atoms with Crippen LogP contribution in [-0.2, 0) is 0 Å². The SMILES string of the molecule is O=C(CCCCCBr)c1c(F)cc(Br)cc1F. The van der Waals surface area contributed by atoms with Gasteiger partial charge < -0.3 is 0 Å². The summed E-state index contributed by atoms with van der Waals surface area (Å²) in [6.07, 6.45) is 2.66. The topological polar surface area (TPSA) is 17.1 Å². The van der Waals surface area contributed by atoms with Crippen molar-refractivity contribution in [3.05, 3.63) is 33.8 Å². The van der Waals surface area contributed by atoms with E-state index in [0.29, 0.717) is 10.9 Å². The molecule has 0 saturated carbocycles. The van der Waals surface area contributed by atoms with Crippen molar-refractivity contribution in [2.45, 2.75) is 25.7 Å². The van der Waals surface area contributed by atoms with E-state index in [4.69, 9.17) is 0 Å². The second-order valence-corrected chi connectivity index (χ2v) is 5.38. The first-order chi connectivity index (χ1) is 8.06. The Balaban J connectivity index is 2.69. The van der Waals surface area contributed by atoms with Crippen LogP contribution in [0.4, 0.5) is 8.78 Å². The van der Waals surface area contributed by atoms with Gasteiger partial charge in [0, 0.05) is 16.2 Å². The molecule has 94 valence electrons. The molecule has 0 aliphatic rings. The average Bonchev–Trinajstić information content (AvgIpc) is 2.23. The van der Waals surface area contributed by atoms with E-state index in [0.717, 1.165) is 30.3 Å². The fourth-order valence-corrected chi connectivity index (χ4v) is 2.29. The maximum absolute atomic E-state index is 13.4. The third kappa shape index (κ3) is 4.47. The molecular weight excluding hydrogens is 358 g/mol. The number of carbonyl (C=O) groups excluding carboxylic acids is 1. The minimum absolute atomic E-state index is 0.183. The van der Waals surface area contributed by atoms with Crippen LogP contribution in [-0.4, -0.2) is 11.1 Å². The van der Waals surface area contributed by atoms with Crippen molar-refractivity contribution in [1.29, 1.82) is 0 Å². The number of benzene rings is 1. The van der Waals surface area contributed by atoms with Crippen LogP contribution in [0.2, 0.25) is 0 Å². The molecule has 0 bridgehead atoms. The van der Waals surface area contributed by atoms with Gasteiger partial charge in [0.2, 0.25) is 0 Å². The molecule has 1 aromatic rings. The third-order valence-corrected chi connectivity index (χ3v) is 3.34. The maximum Gasteiger partial charge on any atom is 0.168 e. The molecule has 0 N–H and O–H groups in total. The van der Waals surface area contributed by atoms with Crippen molar-refractivity contribution in [3.63, 3.8) is 0 Å². The summed E-state index contributed by atoms with van der Waals surface area (Å²) < 4.78 is 27.2. The van der Waals surface area contributed by atoms with Crippen molar-refractivity contribution in [2.24, 2.45) is 0 Å². The monoisotopic (exact) mass is 368 g/mol. The first-order valence-corrected chi connectivity index (χ1v) is 7.21. The molecule has 0 spiro atoms. The fourth-order valence-electron chi connectivity index (χ4n) is 1.49. The number of carbonyl (C=O) groups is 1. The molecule has 1 aromatic carbocycles. The van der Waals surface area contributed by atoms with E-state index in [1.165, 1.54) is 0 Å². The van der Waals surface area contributed by atoms with E-state index in [2.05, 4.69) is 31.9 Å². The molecule has 0 aliphatic heterocycles. The second-order valence-electron chi connectivity index (χ2n) is 3.67. The summed E-state index contributed by atoms with van der Waals surface area (Å²) in [7, 11) is 0. The Morgan fingerprint density at radius 2 is 1.71 bits per heavy atom. The molecule has 0 amide bonds. The first kappa shape index (κ1) is 14.8. The number of alkyl halides is 1. The Bertz CT molecular complexity index is 384. The summed E-state index contributed by atoms with van der Waals surface area (Å²) in [5.74, 6) is -2.08. The predicted molar refractivity (Wildman–Crippen MR) is 70.7 cm³/mol.